The number of carbonyl (C=O) groups excluding carboxylic acids is 1. The van der Waals surface area contributed by atoms with Crippen LogP contribution in [0.15, 0.2) is 90.8 Å². The fourth-order valence-corrected chi connectivity index (χ4v) is 4.10. The molecular weight excluding hydrogens is 434 g/mol. The zero-order chi connectivity index (χ0) is 23.0. The van der Waals surface area contributed by atoms with E-state index in [2.05, 4.69) is 63.7 Å². The first-order valence-corrected chi connectivity index (χ1v) is 11.1. The second kappa shape index (κ2) is 10.8. The molecule has 1 aliphatic heterocycles. The summed E-state index contributed by atoms with van der Waals surface area (Å²) in [7, 11) is 0. The normalized spacial score (nSPS) is 14.7. The summed E-state index contributed by atoms with van der Waals surface area (Å²) in [5.74, 6) is 0.230. The zero-order valence-electron chi connectivity index (χ0n) is 18.1. The maximum Gasteiger partial charge on any atom is 0.266 e. The maximum absolute atomic E-state index is 13.0. The van der Waals surface area contributed by atoms with Crippen molar-refractivity contribution in [2.24, 2.45) is 0 Å². The van der Waals surface area contributed by atoms with Crippen LogP contribution in [0.1, 0.15) is 17.2 Å². The van der Waals surface area contributed by atoms with E-state index in [1.807, 2.05) is 18.2 Å². The van der Waals surface area contributed by atoms with Crippen LogP contribution in [0.4, 0.5) is 5.82 Å². The average molecular weight is 458 g/mol. The van der Waals surface area contributed by atoms with Crippen LogP contribution in [0.3, 0.4) is 0 Å². The summed E-state index contributed by atoms with van der Waals surface area (Å²) in [6, 6.07) is 26.3. The van der Waals surface area contributed by atoms with Gasteiger partial charge < -0.3 is 10.2 Å². The SMILES string of the molecule is N#C/C(=C/Nc1ccc(Cl)cn1)C(=O)N1CCN(C(c2ccccc2)c2ccccc2)CC1. The van der Waals surface area contributed by atoms with Crippen LogP contribution >= 0.6 is 11.6 Å². The molecule has 3 aromatic rings. The lowest BCUT2D eigenvalue weighted by Crippen LogP contribution is -2.50. The van der Waals surface area contributed by atoms with Crippen LogP contribution in [-0.4, -0.2) is 46.9 Å². The molecule has 1 N–H and O–H groups in total. The molecule has 0 aliphatic carbocycles. The molecule has 1 amide bonds. The molecule has 1 saturated heterocycles. The van der Waals surface area contributed by atoms with Crippen molar-refractivity contribution in [1.29, 1.82) is 5.26 Å². The predicted octanol–water partition coefficient (Wildman–Crippen LogP) is 4.49. The molecule has 1 aromatic heterocycles. The molecular formula is C26H24ClN5O. The van der Waals surface area contributed by atoms with E-state index in [-0.39, 0.29) is 17.5 Å². The minimum absolute atomic E-state index is 0.0443. The van der Waals surface area contributed by atoms with E-state index < -0.39 is 0 Å². The van der Waals surface area contributed by atoms with Crippen LogP contribution in [0.5, 0.6) is 0 Å². The maximum atomic E-state index is 13.0. The molecule has 6 nitrogen and oxygen atoms in total. The van der Waals surface area contributed by atoms with Crippen LogP contribution in [-0.2, 0) is 4.79 Å². The quantitative estimate of drug-likeness (QED) is 0.436. The number of nitrogens with zero attached hydrogens (tertiary/aromatic N) is 4. The average Bonchev–Trinajstić information content (AvgIpc) is 2.87. The number of hydrogen-bond acceptors (Lipinski definition) is 5. The Balaban J connectivity index is 1.44. The van der Waals surface area contributed by atoms with Gasteiger partial charge in [-0.1, -0.05) is 72.3 Å². The van der Waals surface area contributed by atoms with E-state index in [0.717, 1.165) is 0 Å². The lowest BCUT2D eigenvalue weighted by molar-refractivity contribution is -0.128. The number of aromatic nitrogens is 1. The third kappa shape index (κ3) is 5.58. The molecule has 2 aromatic carbocycles. The molecule has 0 saturated carbocycles. The highest BCUT2D eigenvalue weighted by Gasteiger charge is 2.29. The highest BCUT2D eigenvalue weighted by molar-refractivity contribution is 6.30. The molecule has 166 valence electrons. The third-order valence-corrected chi connectivity index (χ3v) is 5.86. The summed E-state index contributed by atoms with van der Waals surface area (Å²) < 4.78 is 0. The minimum atomic E-state index is -0.283. The monoisotopic (exact) mass is 457 g/mol. The Morgan fingerprint density at radius 3 is 2.09 bits per heavy atom. The van der Waals surface area contributed by atoms with Crippen molar-refractivity contribution in [3.63, 3.8) is 0 Å². The number of benzene rings is 2. The van der Waals surface area contributed by atoms with Crippen molar-refractivity contribution < 1.29 is 4.79 Å². The van der Waals surface area contributed by atoms with Crippen molar-refractivity contribution in [2.75, 3.05) is 31.5 Å². The minimum Gasteiger partial charge on any atom is -0.345 e. The van der Waals surface area contributed by atoms with E-state index in [9.17, 15) is 10.1 Å². The van der Waals surface area contributed by atoms with Gasteiger partial charge in [0.05, 0.1) is 11.1 Å². The van der Waals surface area contributed by atoms with E-state index >= 15 is 0 Å². The predicted molar refractivity (Wildman–Crippen MR) is 129 cm³/mol. The fourth-order valence-electron chi connectivity index (χ4n) is 3.99. The lowest BCUT2D eigenvalue weighted by Gasteiger charge is -2.39. The summed E-state index contributed by atoms with van der Waals surface area (Å²) >= 11 is 5.84. The first-order chi connectivity index (χ1) is 16.2. The first kappa shape index (κ1) is 22.5. The van der Waals surface area contributed by atoms with E-state index in [1.165, 1.54) is 23.5 Å². The van der Waals surface area contributed by atoms with Crippen molar-refractivity contribution >= 4 is 23.3 Å². The summed E-state index contributed by atoms with van der Waals surface area (Å²) in [4.78, 5) is 21.2. The molecule has 0 radical (unpaired) electrons. The Labute approximate surface area is 198 Å². The second-order valence-corrected chi connectivity index (χ2v) is 8.16. The number of rotatable bonds is 6. The van der Waals surface area contributed by atoms with Gasteiger partial charge in [0.25, 0.3) is 5.91 Å². The Bertz CT molecular complexity index is 1100. The Morgan fingerprint density at radius 1 is 0.970 bits per heavy atom. The van der Waals surface area contributed by atoms with Crippen molar-refractivity contribution in [2.45, 2.75) is 6.04 Å². The molecule has 2 heterocycles. The summed E-state index contributed by atoms with van der Waals surface area (Å²) in [5, 5.41) is 12.9. The number of anilines is 1. The van der Waals surface area contributed by atoms with Gasteiger partial charge in [-0.25, -0.2) is 4.98 Å². The van der Waals surface area contributed by atoms with Gasteiger partial charge in [0.2, 0.25) is 0 Å². The molecule has 0 unspecified atom stereocenters. The van der Waals surface area contributed by atoms with Crippen LogP contribution in [0, 0.1) is 11.3 Å². The number of pyridine rings is 1. The summed E-state index contributed by atoms with van der Waals surface area (Å²) in [6.07, 6.45) is 2.91. The first-order valence-electron chi connectivity index (χ1n) is 10.8. The van der Waals surface area contributed by atoms with E-state index in [1.54, 1.807) is 17.0 Å². The molecule has 0 bridgehead atoms. The highest BCUT2D eigenvalue weighted by atomic mass is 35.5. The second-order valence-electron chi connectivity index (χ2n) is 7.73. The number of halogens is 1. The molecule has 7 heteroatoms. The number of nitriles is 1. The van der Waals surface area contributed by atoms with Gasteiger partial charge >= 0.3 is 0 Å². The number of amides is 1. The highest BCUT2D eigenvalue weighted by Crippen LogP contribution is 2.29. The largest absolute Gasteiger partial charge is 0.345 e. The van der Waals surface area contributed by atoms with Crippen molar-refractivity contribution in [3.05, 3.63) is 107 Å². The Kier molecular flexibility index (Phi) is 7.36. The third-order valence-electron chi connectivity index (χ3n) is 5.64. The van der Waals surface area contributed by atoms with Gasteiger partial charge in [-0.3, -0.25) is 9.69 Å². The standard InChI is InChI=1S/C26H24ClN5O/c27-23-11-12-24(30-19-23)29-18-22(17-28)26(33)32-15-13-31(14-16-32)25(20-7-3-1-4-8-20)21-9-5-2-6-10-21/h1-12,18-19,25H,13-16H2,(H,29,30)/b22-18-. The molecule has 0 spiro atoms. The van der Waals surface area contributed by atoms with Gasteiger partial charge in [-0.05, 0) is 23.3 Å². The topological polar surface area (TPSA) is 72.3 Å². The molecule has 4 rings (SSSR count). The van der Waals surface area contributed by atoms with Crippen LogP contribution in [0.2, 0.25) is 5.02 Å². The fraction of sp³-hybridized carbons (Fsp3) is 0.192. The van der Waals surface area contributed by atoms with Crippen LogP contribution in [0.25, 0.3) is 0 Å². The number of nitrogens with one attached hydrogen (secondary N) is 1. The number of carbonyl (C=O) groups is 1. The summed E-state index contributed by atoms with van der Waals surface area (Å²) in [5.41, 5.74) is 2.49. The number of hydrogen-bond donors (Lipinski definition) is 1. The molecule has 0 atom stereocenters. The number of piperazine rings is 1. The van der Waals surface area contributed by atoms with Crippen LogP contribution < -0.4 is 5.32 Å². The lowest BCUT2D eigenvalue weighted by atomic mass is 9.96. The smallest absolute Gasteiger partial charge is 0.266 e. The molecule has 1 fully saturated rings. The zero-order valence-corrected chi connectivity index (χ0v) is 18.8. The van der Waals surface area contributed by atoms with Gasteiger partial charge in [-0.2, -0.15) is 5.26 Å². The Hall–Kier alpha value is -3.66. The molecule has 33 heavy (non-hydrogen) atoms. The van der Waals surface area contributed by atoms with E-state index in [4.69, 9.17) is 11.6 Å². The summed E-state index contributed by atoms with van der Waals surface area (Å²) in [6.45, 7) is 2.52. The van der Waals surface area contributed by atoms with Gasteiger partial charge in [0, 0.05) is 38.6 Å². The van der Waals surface area contributed by atoms with E-state index in [0.29, 0.717) is 37.0 Å². The van der Waals surface area contributed by atoms with Gasteiger partial charge in [-0.15, -0.1) is 0 Å². The Morgan fingerprint density at radius 2 is 1.58 bits per heavy atom. The van der Waals surface area contributed by atoms with Gasteiger partial charge in [0.15, 0.2) is 0 Å². The van der Waals surface area contributed by atoms with Gasteiger partial charge in [0.1, 0.15) is 17.5 Å². The van der Waals surface area contributed by atoms with Crippen molar-refractivity contribution in [3.8, 4) is 6.07 Å². The molecule has 1 aliphatic rings. The van der Waals surface area contributed by atoms with Crippen molar-refractivity contribution in [1.82, 2.24) is 14.8 Å².